The first-order valence-electron chi connectivity index (χ1n) is 8.31. The van der Waals surface area contributed by atoms with Gasteiger partial charge in [0.1, 0.15) is 23.9 Å². The summed E-state index contributed by atoms with van der Waals surface area (Å²) in [6, 6.07) is 32.2. The van der Waals surface area contributed by atoms with Crippen LogP contribution in [0.3, 0.4) is 0 Å². The summed E-state index contributed by atoms with van der Waals surface area (Å²) in [5, 5.41) is 0. The van der Waals surface area contributed by atoms with Crippen molar-refractivity contribution >= 4 is 0 Å². The van der Waals surface area contributed by atoms with Crippen LogP contribution in [0.4, 0.5) is 0 Å². The summed E-state index contributed by atoms with van der Waals surface area (Å²) in [6.45, 7) is 0.463. The lowest BCUT2D eigenvalue weighted by Gasteiger charge is -2.06. The highest BCUT2D eigenvalue weighted by Crippen LogP contribution is 2.33. The average molecular weight is 326 g/mol. The van der Waals surface area contributed by atoms with Gasteiger partial charge in [0.15, 0.2) is 0 Å². The molecule has 0 unspecified atom stereocenters. The van der Waals surface area contributed by atoms with Gasteiger partial charge in [-0.3, -0.25) is 0 Å². The Bertz CT molecular complexity index is 926. The minimum Gasteiger partial charge on any atom is -0.489 e. The van der Waals surface area contributed by atoms with Crippen LogP contribution in [0.5, 0.6) is 5.75 Å². The van der Waals surface area contributed by atoms with E-state index in [4.69, 9.17) is 9.15 Å². The molecule has 0 radical (unpaired) electrons. The summed E-state index contributed by atoms with van der Waals surface area (Å²) >= 11 is 0. The third-order valence-electron chi connectivity index (χ3n) is 4.04. The summed E-state index contributed by atoms with van der Waals surface area (Å²) in [6.07, 6.45) is 0. The van der Waals surface area contributed by atoms with Crippen LogP contribution >= 0.6 is 0 Å². The minimum atomic E-state index is 0.463. The maximum atomic E-state index is 6.20. The molecule has 0 N–H and O–H groups in total. The molecule has 0 fully saturated rings. The third-order valence-corrected chi connectivity index (χ3v) is 4.04. The fraction of sp³-hybridized carbons (Fsp3) is 0.0435. The fourth-order valence-electron chi connectivity index (χ4n) is 2.79. The quantitative estimate of drug-likeness (QED) is 0.436. The molecule has 0 amide bonds. The molecule has 1 heterocycles. The number of furan rings is 1. The van der Waals surface area contributed by atoms with Crippen molar-refractivity contribution in [2.45, 2.75) is 6.61 Å². The van der Waals surface area contributed by atoms with Crippen molar-refractivity contribution in [3.8, 4) is 28.4 Å². The van der Waals surface area contributed by atoms with E-state index in [2.05, 4.69) is 30.3 Å². The van der Waals surface area contributed by atoms with E-state index in [-0.39, 0.29) is 0 Å². The van der Waals surface area contributed by atoms with Crippen LogP contribution in [0, 0.1) is 0 Å². The Balaban J connectivity index is 1.69. The highest BCUT2D eigenvalue weighted by Gasteiger charge is 2.15. The molecule has 122 valence electrons. The van der Waals surface area contributed by atoms with E-state index in [0.29, 0.717) is 6.61 Å². The predicted molar refractivity (Wildman–Crippen MR) is 100 cm³/mol. The first kappa shape index (κ1) is 15.3. The third kappa shape index (κ3) is 3.48. The first-order chi connectivity index (χ1) is 12.4. The highest BCUT2D eigenvalue weighted by atomic mass is 16.5. The van der Waals surface area contributed by atoms with Crippen molar-refractivity contribution in [3.63, 3.8) is 0 Å². The normalized spacial score (nSPS) is 10.6. The Morgan fingerprint density at radius 3 is 1.84 bits per heavy atom. The van der Waals surface area contributed by atoms with Crippen molar-refractivity contribution in [2.24, 2.45) is 0 Å². The van der Waals surface area contributed by atoms with Gasteiger partial charge in [0.2, 0.25) is 0 Å². The molecule has 0 atom stereocenters. The van der Waals surface area contributed by atoms with Crippen LogP contribution in [0.1, 0.15) is 5.56 Å². The Kier molecular flexibility index (Phi) is 4.34. The zero-order valence-electron chi connectivity index (χ0n) is 13.8. The lowest BCUT2D eigenvalue weighted by Crippen LogP contribution is -1.95. The van der Waals surface area contributed by atoms with Crippen molar-refractivity contribution in [1.82, 2.24) is 0 Å². The Labute approximate surface area is 147 Å². The largest absolute Gasteiger partial charge is 0.489 e. The topological polar surface area (TPSA) is 22.4 Å². The van der Waals surface area contributed by atoms with E-state index in [9.17, 15) is 0 Å². The van der Waals surface area contributed by atoms with Crippen LogP contribution in [-0.4, -0.2) is 0 Å². The van der Waals surface area contributed by atoms with E-state index >= 15 is 0 Å². The summed E-state index contributed by atoms with van der Waals surface area (Å²) in [5.41, 5.74) is 3.15. The van der Waals surface area contributed by atoms with Crippen LogP contribution in [0.15, 0.2) is 101 Å². The van der Waals surface area contributed by atoms with Crippen molar-refractivity contribution in [3.05, 3.63) is 103 Å². The van der Waals surface area contributed by atoms with Gasteiger partial charge in [-0.15, -0.1) is 0 Å². The van der Waals surface area contributed by atoms with Crippen LogP contribution in [-0.2, 0) is 6.61 Å². The number of benzene rings is 3. The number of hydrogen-bond acceptors (Lipinski definition) is 2. The number of para-hydroxylation sites is 1. The maximum absolute atomic E-state index is 6.20. The molecular formula is C23H18O2. The van der Waals surface area contributed by atoms with Gasteiger partial charge in [-0.1, -0.05) is 78.9 Å². The van der Waals surface area contributed by atoms with Gasteiger partial charge in [0, 0.05) is 16.7 Å². The Hall–Kier alpha value is -3.26. The zero-order valence-corrected chi connectivity index (χ0v) is 13.8. The molecule has 0 saturated heterocycles. The zero-order chi connectivity index (χ0) is 16.9. The lowest BCUT2D eigenvalue weighted by atomic mass is 10.1. The summed E-state index contributed by atoms with van der Waals surface area (Å²) in [4.78, 5) is 0. The summed E-state index contributed by atoms with van der Waals surface area (Å²) < 4.78 is 12.1. The molecule has 0 aliphatic carbocycles. The molecule has 0 bridgehead atoms. The molecule has 25 heavy (non-hydrogen) atoms. The molecule has 0 aliphatic heterocycles. The Morgan fingerprint density at radius 2 is 1.20 bits per heavy atom. The van der Waals surface area contributed by atoms with Gasteiger partial charge in [0.05, 0.1) is 0 Å². The smallest absolute Gasteiger partial charge is 0.141 e. The second-order valence-corrected chi connectivity index (χ2v) is 5.80. The van der Waals surface area contributed by atoms with Crippen molar-refractivity contribution < 1.29 is 9.15 Å². The summed E-state index contributed by atoms with van der Waals surface area (Å²) in [5.74, 6) is 2.56. The molecule has 0 spiro atoms. The predicted octanol–water partition coefficient (Wildman–Crippen LogP) is 6.19. The highest BCUT2D eigenvalue weighted by molar-refractivity contribution is 5.68. The maximum Gasteiger partial charge on any atom is 0.141 e. The van der Waals surface area contributed by atoms with Gasteiger partial charge < -0.3 is 9.15 Å². The Morgan fingerprint density at radius 1 is 0.640 bits per heavy atom. The van der Waals surface area contributed by atoms with Crippen LogP contribution < -0.4 is 4.74 Å². The number of ether oxygens (including phenoxy) is 1. The average Bonchev–Trinajstić information content (AvgIpc) is 3.13. The van der Waals surface area contributed by atoms with E-state index < -0.39 is 0 Å². The molecule has 2 nitrogen and oxygen atoms in total. The molecule has 3 aromatic carbocycles. The number of hydrogen-bond donors (Lipinski definition) is 0. The van der Waals surface area contributed by atoms with Crippen LogP contribution in [0.2, 0.25) is 0 Å². The molecule has 0 saturated carbocycles. The summed E-state index contributed by atoms with van der Waals surface area (Å²) in [7, 11) is 0. The molecule has 1 aromatic heterocycles. The number of rotatable bonds is 5. The minimum absolute atomic E-state index is 0.463. The monoisotopic (exact) mass is 326 g/mol. The van der Waals surface area contributed by atoms with Crippen LogP contribution in [0.25, 0.3) is 22.6 Å². The van der Waals surface area contributed by atoms with E-state index in [1.807, 2.05) is 66.7 Å². The molecule has 4 aromatic rings. The van der Waals surface area contributed by atoms with Crippen molar-refractivity contribution in [1.29, 1.82) is 0 Å². The molecule has 4 rings (SSSR count). The van der Waals surface area contributed by atoms with Gasteiger partial charge >= 0.3 is 0 Å². The van der Waals surface area contributed by atoms with Gasteiger partial charge in [0.25, 0.3) is 0 Å². The lowest BCUT2D eigenvalue weighted by molar-refractivity contribution is 0.306. The van der Waals surface area contributed by atoms with Gasteiger partial charge in [-0.05, 0) is 18.2 Å². The molecular weight excluding hydrogens is 308 g/mol. The second-order valence-electron chi connectivity index (χ2n) is 5.80. The van der Waals surface area contributed by atoms with Gasteiger partial charge in [-0.25, -0.2) is 0 Å². The van der Waals surface area contributed by atoms with Gasteiger partial charge in [-0.2, -0.15) is 0 Å². The van der Waals surface area contributed by atoms with E-state index in [1.54, 1.807) is 0 Å². The standard InChI is InChI=1S/C23H18O2/c1-4-10-18(11-5-1)22-16-20(17-24-21-14-8-3-9-15-21)23(25-22)19-12-6-2-7-13-19/h1-16H,17H2. The SMILES string of the molecule is c1ccc(OCc2cc(-c3ccccc3)oc2-c2ccccc2)cc1. The molecule has 0 aliphatic rings. The van der Waals surface area contributed by atoms with E-state index in [0.717, 1.165) is 34.0 Å². The first-order valence-corrected chi connectivity index (χ1v) is 8.31. The van der Waals surface area contributed by atoms with E-state index in [1.165, 1.54) is 0 Å². The second kappa shape index (κ2) is 7.10. The fourth-order valence-corrected chi connectivity index (χ4v) is 2.79. The van der Waals surface area contributed by atoms with Crippen molar-refractivity contribution in [2.75, 3.05) is 0 Å². The molecule has 2 heteroatoms.